The molecule has 0 fully saturated rings. The SMILES string of the molecule is CC(C)OCCCNC(=O)NCC(C)(O)c1ccccc1. The summed E-state index contributed by atoms with van der Waals surface area (Å²) in [6.45, 7) is 6.97. The summed E-state index contributed by atoms with van der Waals surface area (Å²) in [7, 11) is 0. The molecule has 0 saturated carbocycles. The minimum absolute atomic E-state index is 0.158. The summed E-state index contributed by atoms with van der Waals surface area (Å²) in [4.78, 5) is 11.6. The largest absolute Gasteiger partial charge is 0.384 e. The van der Waals surface area contributed by atoms with Gasteiger partial charge in [-0.05, 0) is 32.8 Å². The number of amides is 2. The molecule has 0 bridgehead atoms. The van der Waals surface area contributed by atoms with Crippen LogP contribution in [0, 0.1) is 0 Å². The Morgan fingerprint density at radius 1 is 1.29 bits per heavy atom. The molecular weight excluding hydrogens is 268 g/mol. The van der Waals surface area contributed by atoms with E-state index in [2.05, 4.69) is 10.6 Å². The first kappa shape index (κ1) is 17.5. The molecule has 21 heavy (non-hydrogen) atoms. The van der Waals surface area contributed by atoms with Gasteiger partial charge in [0.05, 0.1) is 12.6 Å². The van der Waals surface area contributed by atoms with Crippen molar-refractivity contribution in [3.63, 3.8) is 0 Å². The Hall–Kier alpha value is -1.59. The summed E-state index contributed by atoms with van der Waals surface area (Å²) >= 11 is 0. The lowest BCUT2D eigenvalue weighted by atomic mass is 9.96. The Morgan fingerprint density at radius 2 is 1.95 bits per heavy atom. The molecule has 0 aliphatic heterocycles. The van der Waals surface area contributed by atoms with Gasteiger partial charge in [0.25, 0.3) is 0 Å². The summed E-state index contributed by atoms with van der Waals surface area (Å²) in [5.74, 6) is 0. The zero-order chi connectivity index (χ0) is 15.7. The molecule has 0 heterocycles. The minimum atomic E-state index is -1.08. The molecule has 0 saturated heterocycles. The van der Waals surface area contributed by atoms with Crippen molar-refractivity contribution < 1.29 is 14.6 Å². The summed E-state index contributed by atoms with van der Waals surface area (Å²) < 4.78 is 5.38. The van der Waals surface area contributed by atoms with Gasteiger partial charge in [-0.1, -0.05) is 30.3 Å². The highest BCUT2D eigenvalue weighted by Crippen LogP contribution is 2.18. The van der Waals surface area contributed by atoms with Gasteiger partial charge < -0.3 is 20.5 Å². The quantitative estimate of drug-likeness (QED) is 0.642. The molecule has 1 rings (SSSR count). The van der Waals surface area contributed by atoms with E-state index in [0.717, 1.165) is 12.0 Å². The molecule has 1 aromatic carbocycles. The zero-order valence-electron chi connectivity index (χ0n) is 13.1. The van der Waals surface area contributed by atoms with E-state index in [9.17, 15) is 9.90 Å². The second-order valence-electron chi connectivity index (χ2n) is 5.52. The first-order valence-corrected chi connectivity index (χ1v) is 7.33. The summed E-state index contributed by atoms with van der Waals surface area (Å²) in [5, 5.41) is 15.8. The van der Waals surface area contributed by atoms with Crippen molar-refractivity contribution in [2.75, 3.05) is 19.7 Å². The topological polar surface area (TPSA) is 70.6 Å². The van der Waals surface area contributed by atoms with Crippen LogP contribution in [0.3, 0.4) is 0 Å². The number of urea groups is 1. The molecule has 5 heteroatoms. The third-order valence-electron chi connectivity index (χ3n) is 3.05. The van der Waals surface area contributed by atoms with Gasteiger partial charge >= 0.3 is 6.03 Å². The highest BCUT2D eigenvalue weighted by Gasteiger charge is 2.23. The highest BCUT2D eigenvalue weighted by molar-refractivity contribution is 5.73. The van der Waals surface area contributed by atoms with Crippen LogP contribution in [-0.2, 0) is 10.3 Å². The number of carbonyl (C=O) groups excluding carboxylic acids is 1. The van der Waals surface area contributed by atoms with Crippen LogP contribution in [-0.4, -0.2) is 36.9 Å². The van der Waals surface area contributed by atoms with Crippen LogP contribution in [0.1, 0.15) is 32.8 Å². The predicted molar refractivity (Wildman–Crippen MR) is 83.1 cm³/mol. The van der Waals surface area contributed by atoms with E-state index in [1.54, 1.807) is 6.92 Å². The third kappa shape index (κ3) is 7.11. The minimum Gasteiger partial charge on any atom is -0.384 e. The predicted octanol–water partition coefficient (Wildman–Crippen LogP) is 2.01. The third-order valence-corrected chi connectivity index (χ3v) is 3.05. The smallest absolute Gasteiger partial charge is 0.314 e. The van der Waals surface area contributed by atoms with Crippen LogP contribution in [0.2, 0.25) is 0 Å². The van der Waals surface area contributed by atoms with Crippen molar-refractivity contribution >= 4 is 6.03 Å². The summed E-state index contributed by atoms with van der Waals surface area (Å²) in [6, 6.07) is 9.00. The summed E-state index contributed by atoms with van der Waals surface area (Å²) in [6.07, 6.45) is 0.973. The average molecular weight is 294 g/mol. The van der Waals surface area contributed by atoms with Crippen LogP contribution in [0.4, 0.5) is 4.79 Å². The fourth-order valence-corrected chi connectivity index (χ4v) is 1.81. The van der Waals surface area contributed by atoms with Crippen LogP contribution in [0.25, 0.3) is 0 Å². The van der Waals surface area contributed by atoms with E-state index in [1.807, 2.05) is 44.2 Å². The van der Waals surface area contributed by atoms with E-state index in [4.69, 9.17) is 4.74 Å². The van der Waals surface area contributed by atoms with Gasteiger partial charge in [-0.15, -0.1) is 0 Å². The monoisotopic (exact) mass is 294 g/mol. The lowest BCUT2D eigenvalue weighted by Gasteiger charge is -2.24. The van der Waals surface area contributed by atoms with Crippen LogP contribution >= 0.6 is 0 Å². The van der Waals surface area contributed by atoms with Crippen molar-refractivity contribution in [3.05, 3.63) is 35.9 Å². The molecule has 1 unspecified atom stereocenters. The van der Waals surface area contributed by atoms with E-state index in [0.29, 0.717) is 13.2 Å². The molecule has 1 aromatic rings. The number of nitrogens with one attached hydrogen (secondary N) is 2. The van der Waals surface area contributed by atoms with E-state index in [1.165, 1.54) is 0 Å². The van der Waals surface area contributed by atoms with Gasteiger partial charge in [-0.2, -0.15) is 0 Å². The van der Waals surface area contributed by atoms with Gasteiger partial charge in [0.2, 0.25) is 0 Å². The van der Waals surface area contributed by atoms with Crippen molar-refractivity contribution in [2.45, 2.75) is 38.9 Å². The lowest BCUT2D eigenvalue weighted by Crippen LogP contribution is -2.43. The summed E-state index contributed by atoms with van der Waals surface area (Å²) in [5.41, 5.74) is -0.310. The number of rotatable bonds is 8. The van der Waals surface area contributed by atoms with E-state index >= 15 is 0 Å². The number of hydrogen-bond donors (Lipinski definition) is 3. The normalized spacial score (nSPS) is 13.8. The standard InChI is InChI=1S/C16H26N2O3/c1-13(2)21-11-7-10-17-15(19)18-12-16(3,20)14-8-5-4-6-9-14/h4-6,8-9,13,20H,7,10-12H2,1-3H3,(H2,17,18,19). The van der Waals surface area contributed by atoms with Crippen molar-refractivity contribution in [1.29, 1.82) is 0 Å². The first-order valence-electron chi connectivity index (χ1n) is 7.33. The molecule has 118 valence electrons. The maximum absolute atomic E-state index is 11.6. The first-order chi connectivity index (χ1) is 9.92. The Bertz CT molecular complexity index is 419. The Balaban J connectivity index is 2.23. The molecule has 0 aromatic heterocycles. The van der Waals surface area contributed by atoms with Gasteiger partial charge in [0, 0.05) is 13.2 Å². The molecule has 0 aliphatic carbocycles. The fraction of sp³-hybridized carbons (Fsp3) is 0.562. The van der Waals surface area contributed by atoms with Crippen molar-refractivity contribution in [2.24, 2.45) is 0 Å². The van der Waals surface area contributed by atoms with Crippen LogP contribution < -0.4 is 10.6 Å². The fourth-order valence-electron chi connectivity index (χ4n) is 1.81. The number of aliphatic hydroxyl groups is 1. The molecule has 0 spiro atoms. The lowest BCUT2D eigenvalue weighted by molar-refractivity contribution is 0.0591. The Morgan fingerprint density at radius 3 is 2.57 bits per heavy atom. The van der Waals surface area contributed by atoms with E-state index in [-0.39, 0.29) is 18.7 Å². The number of carbonyl (C=O) groups is 1. The van der Waals surface area contributed by atoms with Crippen molar-refractivity contribution in [3.8, 4) is 0 Å². The van der Waals surface area contributed by atoms with Crippen molar-refractivity contribution in [1.82, 2.24) is 10.6 Å². The van der Waals surface area contributed by atoms with Gasteiger partial charge in [0.1, 0.15) is 5.60 Å². The molecule has 1 atom stereocenters. The second-order valence-corrected chi connectivity index (χ2v) is 5.52. The second kappa shape index (κ2) is 8.64. The van der Waals surface area contributed by atoms with Crippen LogP contribution in [0.5, 0.6) is 0 Å². The number of ether oxygens (including phenoxy) is 1. The molecule has 2 amide bonds. The van der Waals surface area contributed by atoms with Gasteiger partial charge in [-0.25, -0.2) is 4.79 Å². The molecule has 5 nitrogen and oxygen atoms in total. The molecule has 3 N–H and O–H groups in total. The average Bonchev–Trinajstić information content (AvgIpc) is 2.45. The molecular formula is C16H26N2O3. The molecule has 0 aliphatic rings. The highest BCUT2D eigenvalue weighted by atomic mass is 16.5. The Labute approximate surface area is 126 Å². The van der Waals surface area contributed by atoms with Gasteiger partial charge in [0.15, 0.2) is 0 Å². The maximum atomic E-state index is 11.6. The van der Waals surface area contributed by atoms with Crippen LogP contribution in [0.15, 0.2) is 30.3 Å². The number of hydrogen-bond acceptors (Lipinski definition) is 3. The Kier molecular flexibility index (Phi) is 7.19. The molecule has 0 radical (unpaired) electrons. The zero-order valence-corrected chi connectivity index (χ0v) is 13.1. The maximum Gasteiger partial charge on any atom is 0.314 e. The van der Waals surface area contributed by atoms with E-state index < -0.39 is 5.60 Å². The van der Waals surface area contributed by atoms with Gasteiger partial charge in [-0.3, -0.25) is 0 Å². The number of benzene rings is 1.